The van der Waals surface area contributed by atoms with E-state index in [-0.39, 0.29) is 17.7 Å². The van der Waals surface area contributed by atoms with Crippen LogP contribution in [0.25, 0.3) is 0 Å². The molecule has 1 aliphatic heterocycles. The first kappa shape index (κ1) is 14.1. The minimum Gasteiger partial charge on any atom is -0.326 e. The third-order valence-corrected chi connectivity index (χ3v) is 4.00. The highest BCUT2D eigenvalue weighted by Crippen LogP contribution is 2.30. The molecule has 1 saturated heterocycles. The topological polar surface area (TPSA) is 70.2 Å². The summed E-state index contributed by atoms with van der Waals surface area (Å²) in [5, 5.41) is 9.06. The molecule has 5 heteroatoms. The number of amides is 2. The summed E-state index contributed by atoms with van der Waals surface area (Å²) in [5.74, 6) is 0.728. The molecule has 5 nitrogen and oxygen atoms in total. The maximum Gasteiger partial charge on any atom is 0.227 e. The van der Waals surface area contributed by atoms with Crippen molar-refractivity contribution in [3.63, 3.8) is 0 Å². The van der Waals surface area contributed by atoms with Gasteiger partial charge in [-0.3, -0.25) is 9.59 Å². The van der Waals surface area contributed by atoms with Crippen molar-refractivity contribution in [3.05, 3.63) is 24.3 Å². The molecule has 2 amide bonds. The summed E-state index contributed by atoms with van der Waals surface area (Å²) in [6, 6.07) is 7.34. The van der Waals surface area contributed by atoms with E-state index in [0.29, 0.717) is 12.3 Å². The molecule has 1 aliphatic carbocycles. The van der Waals surface area contributed by atoms with Gasteiger partial charge < -0.3 is 16.0 Å². The molecule has 2 fully saturated rings. The molecule has 1 aromatic carbocycles. The first-order chi connectivity index (χ1) is 10.2. The summed E-state index contributed by atoms with van der Waals surface area (Å²) >= 11 is 0. The Balaban J connectivity index is 1.54. The molecule has 1 unspecified atom stereocenters. The Morgan fingerprint density at radius 1 is 1.14 bits per heavy atom. The summed E-state index contributed by atoms with van der Waals surface area (Å²) in [6.07, 6.45) is 3.58. The van der Waals surface area contributed by atoms with Gasteiger partial charge in [-0.25, -0.2) is 0 Å². The number of hydrogen-bond acceptors (Lipinski definition) is 3. The van der Waals surface area contributed by atoms with E-state index in [4.69, 9.17) is 0 Å². The fraction of sp³-hybridized carbons (Fsp3) is 0.500. The number of nitrogens with one attached hydrogen (secondary N) is 3. The Hall–Kier alpha value is -1.88. The largest absolute Gasteiger partial charge is 0.326 e. The Kier molecular flexibility index (Phi) is 4.20. The van der Waals surface area contributed by atoms with Crippen LogP contribution in [0.4, 0.5) is 11.4 Å². The van der Waals surface area contributed by atoms with Gasteiger partial charge in [-0.05, 0) is 56.5 Å². The Bertz CT molecular complexity index is 534. The van der Waals surface area contributed by atoms with Crippen LogP contribution in [0.2, 0.25) is 0 Å². The summed E-state index contributed by atoms with van der Waals surface area (Å²) in [7, 11) is 0. The zero-order valence-corrected chi connectivity index (χ0v) is 12.0. The fourth-order valence-electron chi connectivity index (χ4n) is 2.63. The predicted molar refractivity (Wildman–Crippen MR) is 82.0 cm³/mol. The average Bonchev–Trinajstić information content (AvgIpc) is 3.19. The van der Waals surface area contributed by atoms with E-state index >= 15 is 0 Å². The van der Waals surface area contributed by atoms with Crippen LogP contribution in [-0.2, 0) is 9.59 Å². The second-order valence-corrected chi connectivity index (χ2v) is 5.96. The molecular weight excluding hydrogens is 266 g/mol. The minimum absolute atomic E-state index is 0.0365. The minimum atomic E-state index is 0.0365. The molecule has 112 valence electrons. The van der Waals surface area contributed by atoms with Crippen molar-refractivity contribution in [3.8, 4) is 0 Å². The quantitative estimate of drug-likeness (QED) is 0.775. The van der Waals surface area contributed by atoms with Gasteiger partial charge in [-0.1, -0.05) is 6.07 Å². The third kappa shape index (κ3) is 4.04. The van der Waals surface area contributed by atoms with Crippen molar-refractivity contribution in [2.24, 2.45) is 11.8 Å². The molecule has 3 rings (SSSR count). The van der Waals surface area contributed by atoms with Crippen LogP contribution < -0.4 is 16.0 Å². The average molecular weight is 287 g/mol. The number of rotatable bonds is 5. The van der Waals surface area contributed by atoms with Crippen molar-refractivity contribution in [2.75, 3.05) is 23.7 Å². The Labute approximate surface area is 124 Å². The van der Waals surface area contributed by atoms with Crippen LogP contribution in [0.15, 0.2) is 24.3 Å². The van der Waals surface area contributed by atoms with Gasteiger partial charge in [0.2, 0.25) is 11.8 Å². The van der Waals surface area contributed by atoms with E-state index in [1.807, 2.05) is 24.3 Å². The van der Waals surface area contributed by atoms with Crippen molar-refractivity contribution in [1.82, 2.24) is 5.32 Å². The monoisotopic (exact) mass is 287 g/mol. The van der Waals surface area contributed by atoms with Crippen molar-refractivity contribution in [2.45, 2.75) is 25.7 Å². The van der Waals surface area contributed by atoms with Gasteiger partial charge in [0.15, 0.2) is 0 Å². The van der Waals surface area contributed by atoms with Gasteiger partial charge in [0, 0.05) is 23.7 Å². The van der Waals surface area contributed by atoms with Gasteiger partial charge in [0.1, 0.15) is 0 Å². The van der Waals surface area contributed by atoms with E-state index in [1.54, 1.807) is 0 Å². The highest BCUT2D eigenvalue weighted by Gasteiger charge is 2.29. The second-order valence-electron chi connectivity index (χ2n) is 5.96. The van der Waals surface area contributed by atoms with Crippen LogP contribution in [0.1, 0.15) is 25.7 Å². The van der Waals surface area contributed by atoms with Gasteiger partial charge in [-0.15, -0.1) is 0 Å². The van der Waals surface area contributed by atoms with Crippen molar-refractivity contribution in [1.29, 1.82) is 0 Å². The van der Waals surface area contributed by atoms with E-state index in [1.165, 1.54) is 0 Å². The number of carbonyl (C=O) groups is 2. The van der Waals surface area contributed by atoms with E-state index < -0.39 is 0 Å². The molecule has 0 aromatic heterocycles. The van der Waals surface area contributed by atoms with Crippen LogP contribution in [0.5, 0.6) is 0 Å². The van der Waals surface area contributed by atoms with E-state index in [0.717, 1.165) is 43.7 Å². The zero-order chi connectivity index (χ0) is 14.7. The first-order valence-corrected chi connectivity index (χ1v) is 7.62. The van der Waals surface area contributed by atoms with Gasteiger partial charge in [-0.2, -0.15) is 0 Å². The van der Waals surface area contributed by atoms with Crippen LogP contribution in [0.3, 0.4) is 0 Å². The molecule has 3 N–H and O–H groups in total. The molecule has 0 bridgehead atoms. The lowest BCUT2D eigenvalue weighted by molar-refractivity contribution is -0.117. The highest BCUT2D eigenvalue weighted by molar-refractivity contribution is 5.96. The van der Waals surface area contributed by atoms with Crippen LogP contribution >= 0.6 is 0 Å². The van der Waals surface area contributed by atoms with Gasteiger partial charge in [0.05, 0.1) is 0 Å². The molecule has 1 heterocycles. The Morgan fingerprint density at radius 2 is 1.90 bits per heavy atom. The summed E-state index contributed by atoms with van der Waals surface area (Å²) in [6.45, 7) is 1.92. The molecule has 1 saturated carbocycles. The van der Waals surface area contributed by atoms with Gasteiger partial charge >= 0.3 is 0 Å². The molecule has 0 radical (unpaired) electrons. The van der Waals surface area contributed by atoms with E-state index in [2.05, 4.69) is 16.0 Å². The standard InChI is InChI=1S/C16H21N3O2/c20-15(8-11-6-7-17-10-11)18-13-2-1-3-14(9-13)19-16(21)12-4-5-12/h1-3,9,11-12,17H,4-8,10H2,(H,18,20)(H,19,21). The zero-order valence-electron chi connectivity index (χ0n) is 12.0. The SMILES string of the molecule is O=C(CC1CCNC1)Nc1cccc(NC(=O)C2CC2)c1. The maximum atomic E-state index is 12.0. The van der Waals surface area contributed by atoms with Gasteiger partial charge in [0.25, 0.3) is 0 Å². The summed E-state index contributed by atoms with van der Waals surface area (Å²) < 4.78 is 0. The smallest absolute Gasteiger partial charge is 0.227 e. The molecular formula is C16H21N3O2. The second kappa shape index (κ2) is 6.26. The lowest BCUT2D eigenvalue weighted by atomic mass is 10.0. The maximum absolute atomic E-state index is 12.0. The molecule has 1 aromatic rings. The normalized spacial score (nSPS) is 21.0. The number of carbonyl (C=O) groups excluding carboxylic acids is 2. The number of anilines is 2. The summed E-state index contributed by atoms with van der Waals surface area (Å²) in [5.41, 5.74) is 1.48. The van der Waals surface area contributed by atoms with Crippen LogP contribution in [0, 0.1) is 11.8 Å². The molecule has 2 aliphatic rings. The number of hydrogen-bond donors (Lipinski definition) is 3. The number of benzene rings is 1. The molecule has 21 heavy (non-hydrogen) atoms. The van der Waals surface area contributed by atoms with Crippen molar-refractivity contribution >= 4 is 23.2 Å². The van der Waals surface area contributed by atoms with Crippen molar-refractivity contribution < 1.29 is 9.59 Å². The highest BCUT2D eigenvalue weighted by atomic mass is 16.2. The molecule has 0 spiro atoms. The fourth-order valence-corrected chi connectivity index (χ4v) is 2.63. The summed E-state index contributed by atoms with van der Waals surface area (Å²) in [4.78, 5) is 23.7. The third-order valence-electron chi connectivity index (χ3n) is 4.00. The first-order valence-electron chi connectivity index (χ1n) is 7.62. The lowest BCUT2D eigenvalue weighted by Crippen LogP contribution is -2.18. The molecule has 1 atom stereocenters. The Morgan fingerprint density at radius 3 is 2.57 bits per heavy atom. The van der Waals surface area contributed by atoms with E-state index in [9.17, 15) is 9.59 Å². The lowest BCUT2D eigenvalue weighted by Gasteiger charge is -2.10. The predicted octanol–water partition coefficient (Wildman–Crippen LogP) is 1.97. The van der Waals surface area contributed by atoms with Crippen LogP contribution in [-0.4, -0.2) is 24.9 Å².